The van der Waals surface area contributed by atoms with Crippen molar-refractivity contribution >= 4 is 17.6 Å². The number of rotatable bonds is 2. The number of nitrogens with zero attached hydrogens (tertiary/aromatic N) is 1. The number of nitrogens with two attached hydrogens (primary N) is 1. The van der Waals surface area contributed by atoms with Crippen molar-refractivity contribution in [1.29, 1.82) is 0 Å². The van der Waals surface area contributed by atoms with Gasteiger partial charge in [0.05, 0.1) is 12.6 Å². The van der Waals surface area contributed by atoms with Crippen molar-refractivity contribution in [2.75, 3.05) is 12.3 Å². The second kappa shape index (κ2) is 3.84. The number of benzene rings is 1. The molecule has 1 heterocycles. The number of anilines is 1. The molecule has 5 heteroatoms. The van der Waals surface area contributed by atoms with Gasteiger partial charge in [-0.15, -0.1) is 0 Å². The molecular weight excluding hydrogens is 206 g/mol. The maximum atomic E-state index is 11.5. The first-order valence-corrected chi connectivity index (χ1v) is 5.05. The number of carbonyl (C=O) groups excluding carboxylic acids is 2. The van der Waals surface area contributed by atoms with E-state index < -0.39 is 0 Å². The molecule has 1 fully saturated rings. The lowest BCUT2D eigenvalue weighted by Crippen LogP contribution is -2.33. The van der Waals surface area contributed by atoms with E-state index in [1.807, 2.05) is 18.2 Å². The van der Waals surface area contributed by atoms with Crippen molar-refractivity contribution in [1.82, 2.24) is 10.2 Å². The van der Waals surface area contributed by atoms with Crippen LogP contribution in [0, 0.1) is 0 Å². The average molecular weight is 219 g/mol. The summed E-state index contributed by atoms with van der Waals surface area (Å²) < 4.78 is 0. The molecule has 1 saturated heterocycles. The van der Waals surface area contributed by atoms with Crippen LogP contribution in [-0.2, 0) is 4.79 Å². The Labute approximate surface area is 93.2 Å². The lowest BCUT2D eigenvalue weighted by atomic mass is 10.1. The molecule has 16 heavy (non-hydrogen) atoms. The molecule has 0 spiro atoms. The third kappa shape index (κ3) is 1.60. The number of imide groups is 1. The summed E-state index contributed by atoms with van der Waals surface area (Å²) in [5.41, 5.74) is 7.18. The third-order valence-electron chi connectivity index (χ3n) is 2.71. The quantitative estimate of drug-likeness (QED) is 0.572. The molecule has 1 aliphatic heterocycles. The van der Waals surface area contributed by atoms with Crippen molar-refractivity contribution in [2.24, 2.45) is 0 Å². The first-order chi connectivity index (χ1) is 7.61. The van der Waals surface area contributed by atoms with Crippen LogP contribution >= 0.6 is 0 Å². The molecule has 1 aliphatic rings. The predicted octanol–water partition coefficient (Wildman–Crippen LogP) is 0.882. The van der Waals surface area contributed by atoms with Gasteiger partial charge in [-0.2, -0.15) is 0 Å². The Morgan fingerprint density at radius 1 is 1.38 bits per heavy atom. The van der Waals surface area contributed by atoms with Gasteiger partial charge < -0.3 is 11.1 Å². The molecule has 3 N–H and O–H groups in total. The number of hydrogen-bond acceptors (Lipinski definition) is 3. The highest BCUT2D eigenvalue weighted by Gasteiger charge is 2.33. The fraction of sp³-hybridized carbons (Fsp3) is 0.273. The fourth-order valence-corrected chi connectivity index (χ4v) is 1.86. The highest BCUT2D eigenvalue weighted by atomic mass is 16.2. The highest BCUT2D eigenvalue weighted by Crippen LogP contribution is 2.26. The summed E-state index contributed by atoms with van der Waals surface area (Å²) in [4.78, 5) is 24.2. The molecular formula is C11H13N3O2. The van der Waals surface area contributed by atoms with Crippen LogP contribution in [0.5, 0.6) is 0 Å². The van der Waals surface area contributed by atoms with Gasteiger partial charge in [-0.1, -0.05) is 18.2 Å². The van der Waals surface area contributed by atoms with E-state index in [0.717, 1.165) is 5.56 Å². The second-order valence-electron chi connectivity index (χ2n) is 3.73. The zero-order chi connectivity index (χ0) is 11.7. The fourth-order valence-electron chi connectivity index (χ4n) is 1.86. The largest absolute Gasteiger partial charge is 0.398 e. The second-order valence-corrected chi connectivity index (χ2v) is 3.73. The molecule has 1 aromatic rings. The van der Waals surface area contributed by atoms with E-state index in [9.17, 15) is 9.59 Å². The SMILES string of the molecule is CC(c1ccccc1N)N1C(=O)CNC1=O. The van der Waals surface area contributed by atoms with Crippen LogP contribution in [0.2, 0.25) is 0 Å². The summed E-state index contributed by atoms with van der Waals surface area (Å²) in [5.74, 6) is -0.222. The highest BCUT2D eigenvalue weighted by molar-refractivity contribution is 6.02. The van der Waals surface area contributed by atoms with E-state index in [4.69, 9.17) is 5.73 Å². The molecule has 5 nitrogen and oxygen atoms in total. The molecule has 1 aromatic carbocycles. The number of urea groups is 1. The Bertz CT molecular complexity index is 429. The van der Waals surface area contributed by atoms with Gasteiger partial charge in [-0.3, -0.25) is 9.69 Å². The van der Waals surface area contributed by atoms with Gasteiger partial charge in [0.2, 0.25) is 0 Å². The van der Waals surface area contributed by atoms with Crippen molar-refractivity contribution in [2.45, 2.75) is 13.0 Å². The summed E-state index contributed by atoms with van der Waals surface area (Å²) in [6, 6.07) is 6.53. The average Bonchev–Trinajstić information content (AvgIpc) is 2.58. The van der Waals surface area contributed by atoms with Gasteiger partial charge in [0.15, 0.2) is 0 Å². The topological polar surface area (TPSA) is 75.4 Å². The normalized spacial score (nSPS) is 17.4. The maximum Gasteiger partial charge on any atom is 0.325 e. The summed E-state index contributed by atoms with van der Waals surface area (Å²) in [6.45, 7) is 1.85. The number of amides is 3. The first kappa shape index (κ1) is 10.5. The van der Waals surface area contributed by atoms with E-state index >= 15 is 0 Å². The van der Waals surface area contributed by atoms with Crippen LogP contribution in [0.15, 0.2) is 24.3 Å². The molecule has 2 rings (SSSR count). The standard InChI is InChI=1S/C11H13N3O2/c1-7(8-4-2-3-5-9(8)12)14-10(15)6-13-11(14)16/h2-5,7H,6,12H2,1H3,(H,13,16). The van der Waals surface area contributed by atoms with Crippen molar-refractivity contribution in [3.05, 3.63) is 29.8 Å². The molecule has 0 aromatic heterocycles. The monoisotopic (exact) mass is 219 g/mol. The molecule has 0 aliphatic carbocycles. The summed E-state index contributed by atoms with van der Waals surface area (Å²) in [7, 11) is 0. The smallest absolute Gasteiger partial charge is 0.325 e. The summed E-state index contributed by atoms with van der Waals surface area (Å²) in [6.07, 6.45) is 0. The van der Waals surface area contributed by atoms with Gasteiger partial charge in [-0.25, -0.2) is 4.79 Å². The molecule has 0 saturated carbocycles. The summed E-state index contributed by atoms with van der Waals surface area (Å²) in [5, 5.41) is 2.49. The van der Waals surface area contributed by atoms with Crippen LogP contribution in [-0.4, -0.2) is 23.4 Å². The molecule has 84 valence electrons. The number of carbonyl (C=O) groups is 2. The van der Waals surface area contributed by atoms with Gasteiger partial charge >= 0.3 is 6.03 Å². The Hall–Kier alpha value is -2.04. The minimum absolute atomic E-state index is 0.0654. The molecule has 0 bridgehead atoms. The first-order valence-electron chi connectivity index (χ1n) is 5.05. The molecule has 1 unspecified atom stereocenters. The van der Waals surface area contributed by atoms with E-state index in [2.05, 4.69) is 5.32 Å². The van der Waals surface area contributed by atoms with E-state index in [1.165, 1.54) is 4.90 Å². The minimum Gasteiger partial charge on any atom is -0.398 e. The van der Waals surface area contributed by atoms with E-state index in [1.54, 1.807) is 13.0 Å². The molecule has 0 radical (unpaired) electrons. The van der Waals surface area contributed by atoms with Crippen LogP contribution < -0.4 is 11.1 Å². The third-order valence-corrected chi connectivity index (χ3v) is 2.71. The number of nitrogen functional groups attached to an aromatic ring is 1. The van der Waals surface area contributed by atoms with Crippen molar-refractivity contribution in [3.63, 3.8) is 0 Å². The number of para-hydroxylation sites is 1. The number of hydrogen-bond donors (Lipinski definition) is 2. The number of nitrogens with one attached hydrogen (secondary N) is 1. The minimum atomic E-state index is -0.360. The van der Waals surface area contributed by atoms with Crippen molar-refractivity contribution in [3.8, 4) is 0 Å². The zero-order valence-corrected chi connectivity index (χ0v) is 8.93. The van der Waals surface area contributed by atoms with Crippen LogP contribution in [0.25, 0.3) is 0 Å². The van der Waals surface area contributed by atoms with E-state index in [-0.39, 0.29) is 24.5 Å². The predicted molar refractivity (Wildman–Crippen MR) is 59.5 cm³/mol. The Balaban J connectivity index is 2.32. The molecule has 1 atom stereocenters. The Kier molecular flexibility index (Phi) is 2.52. The van der Waals surface area contributed by atoms with Crippen molar-refractivity contribution < 1.29 is 9.59 Å². The van der Waals surface area contributed by atoms with Crippen LogP contribution in [0.3, 0.4) is 0 Å². The van der Waals surface area contributed by atoms with Gasteiger partial charge in [-0.05, 0) is 18.6 Å². The van der Waals surface area contributed by atoms with Gasteiger partial charge in [0.1, 0.15) is 0 Å². The van der Waals surface area contributed by atoms with Crippen LogP contribution in [0.4, 0.5) is 10.5 Å². The summed E-state index contributed by atoms with van der Waals surface area (Å²) >= 11 is 0. The Morgan fingerprint density at radius 3 is 2.62 bits per heavy atom. The van der Waals surface area contributed by atoms with Crippen LogP contribution in [0.1, 0.15) is 18.5 Å². The zero-order valence-electron chi connectivity index (χ0n) is 8.93. The molecule has 3 amide bonds. The van der Waals surface area contributed by atoms with Gasteiger partial charge in [0.25, 0.3) is 5.91 Å². The lowest BCUT2D eigenvalue weighted by Gasteiger charge is -2.22. The lowest BCUT2D eigenvalue weighted by molar-refractivity contribution is -0.126. The van der Waals surface area contributed by atoms with E-state index in [0.29, 0.717) is 5.69 Å². The Morgan fingerprint density at radius 2 is 2.06 bits per heavy atom. The van der Waals surface area contributed by atoms with Gasteiger partial charge in [0, 0.05) is 5.69 Å². The maximum absolute atomic E-state index is 11.5.